The van der Waals surface area contributed by atoms with E-state index < -0.39 is 41.4 Å². The minimum absolute atomic E-state index is 0.314. The second kappa shape index (κ2) is 4.71. The van der Waals surface area contributed by atoms with E-state index in [-0.39, 0.29) is 0 Å². The molecule has 4 amide bonds. The van der Waals surface area contributed by atoms with Crippen LogP contribution in [0.5, 0.6) is 0 Å². The summed E-state index contributed by atoms with van der Waals surface area (Å²) in [6, 6.07) is -0.630. The second-order valence-corrected chi connectivity index (χ2v) is 6.17. The molecule has 8 nitrogen and oxygen atoms in total. The molecule has 0 aromatic carbocycles. The van der Waals surface area contributed by atoms with Gasteiger partial charge in [-0.3, -0.25) is 14.5 Å². The van der Waals surface area contributed by atoms with Gasteiger partial charge in [0, 0.05) is 6.54 Å². The number of aliphatic carboxylic acids is 1. The van der Waals surface area contributed by atoms with Crippen LogP contribution in [0.1, 0.15) is 33.6 Å². The van der Waals surface area contributed by atoms with Crippen LogP contribution in [0.3, 0.4) is 0 Å². The number of nitrogens with zero attached hydrogens (tertiary/aromatic N) is 2. The molecule has 2 saturated heterocycles. The molecule has 2 aliphatic heterocycles. The average molecular weight is 297 g/mol. The first-order valence-electron chi connectivity index (χ1n) is 6.77. The van der Waals surface area contributed by atoms with Gasteiger partial charge in [-0.1, -0.05) is 0 Å². The Morgan fingerprint density at radius 3 is 2.38 bits per heavy atom. The van der Waals surface area contributed by atoms with Gasteiger partial charge >= 0.3 is 12.0 Å². The summed E-state index contributed by atoms with van der Waals surface area (Å²) in [7, 11) is 0. The van der Waals surface area contributed by atoms with Crippen LogP contribution in [0.15, 0.2) is 0 Å². The standard InChI is InChI=1S/C13H19N3O5/c1-12(2)9(18)15(11(21)14-12)7-8(17)16-6-4-5-13(16,3)10(19)20/h4-7H2,1-3H3,(H,14,21)(H,19,20). The normalized spacial score (nSPS) is 28.0. The van der Waals surface area contributed by atoms with E-state index in [0.717, 1.165) is 4.90 Å². The molecule has 1 atom stereocenters. The fourth-order valence-electron chi connectivity index (χ4n) is 2.77. The average Bonchev–Trinajstić information content (AvgIpc) is 2.84. The Labute approximate surface area is 122 Å². The van der Waals surface area contributed by atoms with Gasteiger partial charge in [0.25, 0.3) is 5.91 Å². The number of urea groups is 1. The third-order valence-electron chi connectivity index (χ3n) is 4.14. The molecule has 0 bridgehead atoms. The SMILES string of the molecule is CC1(C)NC(=O)N(CC(=O)N2CCCC2(C)C(=O)O)C1=O. The van der Waals surface area contributed by atoms with Crippen molar-refractivity contribution in [1.29, 1.82) is 0 Å². The number of likely N-dealkylation sites (tertiary alicyclic amines) is 1. The number of amides is 4. The van der Waals surface area contributed by atoms with E-state index in [1.807, 2.05) is 0 Å². The topological polar surface area (TPSA) is 107 Å². The summed E-state index contributed by atoms with van der Waals surface area (Å²) in [5.74, 6) is -2.10. The van der Waals surface area contributed by atoms with Crippen LogP contribution in [0.2, 0.25) is 0 Å². The lowest BCUT2D eigenvalue weighted by Gasteiger charge is -2.32. The molecule has 0 spiro atoms. The summed E-state index contributed by atoms with van der Waals surface area (Å²) in [6.07, 6.45) is 0.944. The first-order valence-corrected chi connectivity index (χ1v) is 6.77. The van der Waals surface area contributed by atoms with Crippen molar-refractivity contribution in [3.8, 4) is 0 Å². The summed E-state index contributed by atoms with van der Waals surface area (Å²) in [5, 5.41) is 11.8. The Bertz CT molecular complexity index is 530. The third kappa shape index (κ3) is 2.34. The zero-order valence-corrected chi connectivity index (χ0v) is 12.3. The molecule has 21 heavy (non-hydrogen) atoms. The monoisotopic (exact) mass is 297 g/mol. The van der Waals surface area contributed by atoms with E-state index in [9.17, 15) is 24.3 Å². The van der Waals surface area contributed by atoms with E-state index in [1.165, 1.54) is 11.8 Å². The van der Waals surface area contributed by atoms with Crippen LogP contribution in [-0.4, -0.2) is 62.9 Å². The van der Waals surface area contributed by atoms with Crippen molar-refractivity contribution < 1.29 is 24.3 Å². The molecule has 1 unspecified atom stereocenters. The smallest absolute Gasteiger partial charge is 0.329 e. The Morgan fingerprint density at radius 2 is 1.90 bits per heavy atom. The predicted molar refractivity (Wildman–Crippen MR) is 71.3 cm³/mol. The molecule has 2 N–H and O–H groups in total. The van der Waals surface area contributed by atoms with Crippen molar-refractivity contribution in [2.75, 3.05) is 13.1 Å². The van der Waals surface area contributed by atoms with E-state index in [4.69, 9.17) is 0 Å². The molecule has 0 aromatic rings. The summed E-state index contributed by atoms with van der Waals surface area (Å²) < 4.78 is 0. The first kappa shape index (κ1) is 15.3. The molecule has 8 heteroatoms. The number of hydrogen-bond donors (Lipinski definition) is 2. The number of carboxylic acid groups (broad SMARTS) is 1. The lowest BCUT2D eigenvalue weighted by molar-refractivity contribution is -0.155. The fraction of sp³-hybridized carbons (Fsp3) is 0.692. The zero-order valence-electron chi connectivity index (χ0n) is 12.3. The second-order valence-electron chi connectivity index (χ2n) is 6.17. The number of hydrogen-bond acceptors (Lipinski definition) is 4. The van der Waals surface area contributed by atoms with Crippen molar-refractivity contribution >= 4 is 23.8 Å². The molecule has 116 valence electrons. The van der Waals surface area contributed by atoms with Crippen molar-refractivity contribution in [3.63, 3.8) is 0 Å². The van der Waals surface area contributed by atoms with Crippen molar-refractivity contribution in [2.24, 2.45) is 0 Å². The minimum atomic E-state index is -1.27. The van der Waals surface area contributed by atoms with Gasteiger partial charge in [0.2, 0.25) is 5.91 Å². The largest absolute Gasteiger partial charge is 0.480 e. The van der Waals surface area contributed by atoms with Crippen LogP contribution in [0, 0.1) is 0 Å². The number of rotatable bonds is 3. The molecule has 0 aromatic heterocycles. The molecule has 2 heterocycles. The van der Waals surface area contributed by atoms with Gasteiger partial charge in [-0.15, -0.1) is 0 Å². The van der Waals surface area contributed by atoms with Crippen LogP contribution in [0.4, 0.5) is 4.79 Å². The van der Waals surface area contributed by atoms with Crippen molar-refractivity contribution in [3.05, 3.63) is 0 Å². The molecule has 0 radical (unpaired) electrons. The number of carbonyl (C=O) groups excluding carboxylic acids is 3. The number of imide groups is 1. The highest BCUT2D eigenvalue weighted by Crippen LogP contribution is 2.29. The Balaban J connectivity index is 2.14. The van der Waals surface area contributed by atoms with Gasteiger partial charge in [0.05, 0.1) is 0 Å². The van der Waals surface area contributed by atoms with Crippen molar-refractivity contribution in [2.45, 2.75) is 44.7 Å². The lowest BCUT2D eigenvalue weighted by Crippen LogP contribution is -2.54. The van der Waals surface area contributed by atoms with Crippen LogP contribution in [0.25, 0.3) is 0 Å². The van der Waals surface area contributed by atoms with Gasteiger partial charge in [0.15, 0.2) is 0 Å². The third-order valence-corrected chi connectivity index (χ3v) is 4.14. The quantitative estimate of drug-likeness (QED) is 0.700. The van der Waals surface area contributed by atoms with Crippen LogP contribution >= 0.6 is 0 Å². The Morgan fingerprint density at radius 1 is 1.29 bits per heavy atom. The Kier molecular flexibility index (Phi) is 3.43. The van der Waals surface area contributed by atoms with Gasteiger partial charge < -0.3 is 15.3 Å². The lowest BCUT2D eigenvalue weighted by atomic mass is 9.99. The van der Waals surface area contributed by atoms with Gasteiger partial charge in [-0.05, 0) is 33.6 Å². The molecule has 2 aliphatic rings. The highest BCUT2D eigenvalue weighted by atomic mass is 16.4. The molecule has 2 rings (SSSR count). The number of carbonyl (C=O) groups is 4. The van der Waals surface area contributed by atoms with E-state index in [0.29, 0.717) is 19.4 Å². The van der Waals surface area contributed by atoms with E-state index in [1.54, 1.807) is 13.8 Å². The molecule has 0 saturated carbocycles. The fourth-order valence-corrected chi connectivity index (χ4v) is 2.77. The van der Waals surface area contributed by atoms with Gasteiger partial charge in [-0.2, -0.15) is 0 Å². The first-order chi connectivity index (χ1) is 9.59. The van der Waals surface area contributed by atoms with Crippen molar-refractivity contribution in [1.82, 2.24) is 15.1 Å². The minimum Gasteiger partial charge on any atom is -0.480 e. The summed E-state index contributed by atoms with van der Waals surface area (Å²) >= 11 is 0. The summed E-state index contributed by atoms with van der Waals surface area (Å²) in [5.41, 5.74) is -2.32. The molecule has 2 fully saturated rings. The highest BCUT2D eigenvalue weighted by Gasteiger charge is 2.49. The number of carboxylic acids is 1. The zero-order chi connectivity index (χ0) is 16.0. The van der Waals surface area contributed by atoms with Gasteiger partial charge in [0.1, 0.15) is 17.6 Å². The van der Waals surface area contributed by atoms with Crippen LogP contribution in [-0.2, 0) is 14.4 Å². The maximum Gasteiger partial charge on any atom is 0.329 e. The molecular formula is C13H19N3O5. The summed E-state index contributed by atoms with van der Waals surface area (Å²) in [4.78, 5) is 49.5. The predicted octanol–water partition coefficient (Wildman–Crippen LogP) is -0.217. The maximum atomic E-state index is 12.3. The highest BCUT2D eigenvalue weighted by molar-refractivity contribution is 6.08. The number of nitrogens with one attached hydrogen (secondary N) is 1. The van der Waals surface area contributed by atoms with E-state index in [2.05, 4.69) is 5.32 Å². The summed E-state index contributed by atoms with van der Waals surface area (Å²) in [6.45, 7) is 4.46. The molecule has 0 aliphatic carbocycles. The van der Waals surface area contributed by atoms with Gasteiger partial charge in [-0.25, -0.2) is 9.59 Å². The maximum absolute atomic E-state index is 12.3. The molecular weight excluding hydrogens is 278 g/mol. The van der Waals surface area contributed by atoms with Crippen LogP contribution < -0.4 is 5.32 Å². The van der Waals surface area contributed by atoms with E-state index >= 15 is 0 Å². The Hall–Kier alpha value is -2.12.